The van der Waals surface area contributed by atoms with Crippen molar-refractivity contribution in [3.05, 3.63) is 40.8 Å². The van der Waals surface area contributed by atoms with E-state index in [2.05, 4.69) is 10.1 Å². The van der Waals surface area contributed by atoms with Crippen molar-refractivity contribution in [2.45, 2.75) is 13.8 Å². The molecular formula is C16H21N3O6S. The summed E-state index contributed by atoms with van der Waals surface area (Å²) in [5.41, 5.74) is 1.73. The van der Waals surface area contributed by atoms with Gasteiger partial charge in [-0.2, -0.15) is 0 Å². The molecular weight excluding hydrogens is 362 g/mol. The first-order chi connectivity index (χ1) is 12.2. The Bertz CT molecular complexity index is 772. The SMILES string of the molecule is CCNC(=O)NC(=O)COC(=O)CNS(=O)(=O)C=Cc1ccc(C)cc1. The number of ether oxygens (including phenoxy) is 1. The minimum atomic E-state index is -3.85. The van der Waals surface area contributed by atoms with Gasteiger partial charge in [-0.25, -0.2) is 17.9 Å². The monoisotopic (exact) mass is 383 g/mol. The zero-order chi connectivity index (χ0) is 19.6. The van der Waals surface area contributed by atoms with Crippen LogP contribution in [0, 0.1) is 6.92 Å². The van der Waals surface area contributed by atoms with Crippen LogP contribution in [-0.4, -0.2) is 46.0 Å². The van der Waals surface area contributed by atoms with Crippen molar-refractivity contribution in [2.75, 3.05) is 19.7 Å². The topological polar surface area (TPSA) is 131 Å². The van der Waals surface area contributed by atoms with Crippen molar-refractivity contribution >= 4 is 34.0 Å². The number of amides is 3. The minimum absolute atomic E-state index is 0.330. The average Bonchev–Trinajstić information content (AvgIpc) is 2.58. The molecule has 0 unspecified atom stereocenters. The molecule has 0 heterocycles. The van der Waals surface area contributed by atoms with Gasteiger partial charge in [0.15, 0.2) is 6.61 Å². The first-order valence-corrected chi connectivity index (χ1v) is 9.24. The Hall–Kier alpha value is -2.72. The van der Waals surface area contributed by atoms with E-state index in [1.807, 2.05) is 29.1 Å². The van der Waals surface area contributed by atoms with Crippen LogP contribution in [0.5, 0.6) is 0 Å². The van der Waals surface area contributed by atoms with E-state index in [9.17, 15) is 22.8 Å². The maximum absolute atomic E-state index is 11.8. The number of urea groups is 1. The molecule has 1 rings (SSSR count). The van der Waals surface area contributed by atoms with E-state index in [1.165, 1.54) is 6.08 Å². The molecule has 3 amide bonds. The zero-order valence-corrected chi connectivity index (χ0v) is 15.3. The van der Waals surface area contributed by atoms with Crippen molar-refractivity contribution in [3.63, 3.8) is 0 Å². The fraction of sp³-hybridized carbons (Fsp3) is 0.312. The first-order valence-electron chi connectivity index (χ1n) is 7.69. The molecule has 1 aromatic carbocycles. The third-order valence-corrected chi connectivity index (χ3v) is 3.93. The van der Waals surface area contributed by atoms with Gasteiger partial charge in [0.1, 0.15) is 6.54 Å². The second-order valence-corrected chi connectivity index (χ2v) is 6.80. The fourth-order valence-corrected chi connectivity index (χ4v) is 2.37. The Labute approximate surface area is 151 Å². The third kappa shape index (κ3) is 8.94. The molecule has 0 radical (unpaired) electrons. The van der Waals surface area contributed by atoms with Crippen LogP contribution in [0.3, 0.4) is 0 Å². The highest BCUT2D eigenvalue weighted by Gasteiger charge is 2.13. The van der Waals surface area contributed by atoms with Gasteiger partial charge in [0.25, 0.3) is 5.91 Å². The maximum atomic E-state index is 11.8. The van der Waals surface area contributed by atoms with Crippen LogP contribution >= 0.6 is 0 Å². The van der Waals surface area contributed by atoms with Crippen LogP contribution < -0.4 is 15.4 Å². The van der Waals surface area contributed by atoms with Crippen molar-refractivity contribution in [2.24, 2.45) is 0 Å². The smallest absolute Gasteiger partial charge is 0.321 e. The predicted molar refractivity (Wildman–Crippen MR) is 95.3 cm³/mol. The fourth-order valence-electron chi connectivity index (χ4n) is 1.62. The summed E-state index contributed by atoms with van der Waals surface area (Å²) in [7, 11) is -3.85. The van der Waals surface area contributed by atoms with Gasteiger partial charge >= 0.3 is 12.0 Å². The number of hydrogen-bond acceptors (Lipinski definition) is 6. The van der Waals surface area contributed by atoms with Crippen molar-refractivity contribution in [3.8, 4) is 0 Å². The molecule has 0 aliphatic heterocycles. The van der Waals surface area contributed by atoms with Crippen LogP contribution in [-0.2, 0) is 24.3 Å². The van der Waals surface area contributed by atoms with Gasteiger partial charge in [0.05, 0.1) is 0 Å². The van der Waals surface area contributed by atoms with Crippen LogP contribution in [0.2, 0.25) is 0 Å². The molecule has 0 spiro atoms. The van der Waals surface area contributed by atoms with Gasteiger partial charge in [-0.05, 0) is 25.5 Å². The highest BCUT2D eigenvalue weighted by Crippen LogP contribution is 2.05. The summed E-state index contributed by atoms with van der Waals surface area (Å²) in [6, 6.07) is 6.47. The molecule has 0 bridgehead atoms. The Balaban J connectivity index is 2.39. The molecule has 0 aliphatic rings. The molecule has 142 valence electrons. The van der Waals surface area contributed by atoms with Gasteiger partial charge < -0.3 is 10.1 Å². The molecule has 0 aliphatic carbocycles. The van der Waals surface area contributed by atoms with Gasteiger partial charge in [-0.3, -0.25) is 14.9 Å². The summed E-state index contributed by atoms with van der Waals surface area (Å²) in [4.78, 5) is 33.9. The number of carbonyl (C=O) groups excluding carboxylic acids is 3. The number of carbonyl (C=O) groups is 3. The van der Waals surface area contributed by atoms with Gasteiger partial charge in [-0.15, -0.1) is 0 Å². The van der Waals surface area contributed by atoms with Gasteiger partial charge in [-0.1, -0.05) is 29.8 Å². The standard InChI is InChI=1S/C16H21N3O6S/c1-3-17-16(22)19-14(20)11-25-15(21)10-18-26(23,24)9-8-13-6-4-12(2)5-7-13/h4-9,18H,3,10-11H2,1-2H3,(H2,17,19,20,22). The molecule has 3 N–H and O–H groups in total. The second-order valence-electron chi connectivity index (χ2n) is 5.15. The molecule has 10 heteroatoms. The van der Waals surface area contributed by atoms with E-state index >= 15 is 0 Å². The molecule has 26 heavy (non-hydrogen) atoms. The van der Waals surface area contributed by atoms with E-state index < -0.39 is 41.1 Å². The molecule has 1 aromatic rings. The number of hydrogen-bond donors (Lipinski definition) is 3. The lowest BCUT2D eigenvalue weighted by molar-refractivity contribution is -0.147. The Morgan fingerprint density at radius 2 is 1.81 bits per heavy atom. The number of aryl methyl sites for hydroxylation is 1. The van der Waals surface area contributed by atoms with Crippen LogP contribution in [0.15, 0.2) is 29.7 Å². The van der Waals surface area contributed by atoms with Gasteiger partial charge in [0.2, 0.25) is 10.0 Å². The summed E-state index contributed by atoms with van der Waals surface area (Å²) < 4.78 is 30.2. The van der Waals surface area contributed by atoms with Crippen molar-refractivity contribution < 1.29 is 27.5 Å². The predicted octanol–water partition coefficient (Wildman–Crippen LogP) is 0.274. The average molecular weight is 383 g/mol. The normalized spacial score (nSPS) is 11.2. The number of rotatable bonds is 8. The second kappa shape index (κ2) is 10.3. The largest absolute Gasteiger partial charge is 0.455 e. The summed E-state index contributed by atoms with van der Waals surface area (Å²) in [5.74, 6) is -1.78. The minimum Gasteiger partial charge on any atom is -0.455 e. The lowest BCUT2D eigenvalue weighted by atomic mass is 10.2. The summed E-state index contributed by atoms with van der Waals surface area (Å²) in [6.07, 6.45) is 1.38. The number of nitrogens with one attached hydrogen (secondary N) is 3. The zero-order valence-electron chi connectivity index (χ0n) is 14.4. The quantitative estimate of drug-likeness (QED) is 0.553. The molecule has 0 saturated carbocycles. The number of imide groups is 1. The molecule has 0 atom stereocenters. The van der Waals surface area contributed by atoms with E-state index in [-0.39, 0.29) is 0 Å². The van der Waals surface area contributed by atoms with Crippen LogP contribution in [0.4, 0.5) is 4.79 Å². The van der Waals surface area contributed by atoms with Crippen LogP contribution in [0.25, 0.3) is 6.08 Å². The van der Waals surface area contributed by atoms with Crippen LogP contribution in [0.1, 0.15) is 18.1 Å². The highest BCUT2D eigenvalue weighted by atomic mass is 32.2. The number of sulfonamides is 1. The van der Waals surface area contributed by atoms with E-state index in [1.54, 1.807) is 19.1 Å². The lowest BCUT2D eigenvalue weighted by Gasteiger charge is -2.06. The van der Waals surface area contributed by atoms with E-state index in [0.717, 1.165) is 11.0 Å². The molecule has 0 aromatic heterocycles. The lowest BCUT2D eigenvalue weighted by Crippen LogP contribution is -2.41. The first kappa shape index (κ1) is 21.3. The third-order valence-electron chi connectivity index (χ3n) is 2.89. The van der Waals surface area contributed by atoms with Gasteiger partial charge in [0, 0.05) is 12.0 Å². The molecule has 9 nitrogen and oxygen atoms in total. The number of esters is 1. The highest BCUT2D eigenvalue weighted by molar-refractivity contribution is 7.92. The Kier molecular flexibility index (Phi) is 8.46. The summed E-state index contributed by atoms with van der Waals surface area (Å²) in [6.45, 7) is 2.57. The van der Waals surface area contributed by atoms with Crippen molar-refractivity contribution in [1.82, 2.24) is 15.4 Å². The Morgan fingerprint density at radius 1 is 1.15 bits per heavy atom. The summed E-state index contributed by atoms with van der Waals surface area (Å²) >= 11 is 0. The van der Waals surface area contributed by atoms with Crippen molar-refractivity contribution in [1.29, 1.82) is 0 Å². The Morgan fingerprint density at radius 3 is 2.42 bits per heavy atom. The van der Waals surface area contributed by atoms with E-state index in [4.69, 9.17) is 0 Å². The number of benzene rings is 1. The molecule has 0 fully saturated rings. The van der Waals surface area contributed by atoms with E-state index in [0.29, 0.717) is 12.1 Å². The summed E-state index contributed by atoms with van der Waals surface area (Å²) in [5, 5.41) is 5.19. The maximum Gasteiger partial charge on any atom is 0.321 e. The molecule has 0 saturated heterocycles.